The minimum atomic E-state index is -0.905. The van der Waals surface area contributed by atoms with Gasteiger partial charge in [0.05, 0.1) is 12.7 Å². The number of amides is 1. The summed E-state index contributed by atoms with van der Waals surface area (Å²) >= 11 is 0. The fourth-order valence-electron chi connectivity index (χ4n) is 4.03. The molecule has 3 rings (SSSR count). The summed E-state index contributed by atoms with van der Waals surface area (Å²) < 4.78 is 17.2. The van der Waals surface area contributed by atoms with E-state index in [1.807, 2.05) is 51.1 Å². The molecule has 2 aromatic rings. The lowest BCUT2D eigenvalue weighted by molar-refractivity contribution is -0.120. The van der Waals surface area contributed by atoms with E-state index < -0.39 is 17.7 Å². The molecule has 0 bridgehead atoms. The second kappa shape index (κ2) is 11.8. The summed E-state index contributed by atoms with van der Waals surface area (Å²) in [5, 5.41) is 2.68. The van der Waals surface area contributed by atoms with E-state index in [1.54, 1.807) is 0 Å². The number of benzene rings is 2. The summed E-state index contributed by atoms with van der Waals surface area (Å²) in [7, 11) is 0. The van der Waals surface area contributed by atoms with Crippen molar-refractivity contribution in [1.82, 2.24) is 5.32 Å². The lowest BCUT2D eigenvalue weighted by atomic mass is 9.82. The number of hydrogen-bond acceptors (Lipinski definition) is 5. The van der Waals surface area contributed by atoms with E-state index >= 15 is 0 Å². The van der Waals surface area contributed by atoms with Gasteiger partial charge >= 0.3 is 6.09 Å². The molecule has 0 radical (unpaired) electrons. The molecule has 1 atom stereocenters. The van der Waals surface area contributed by atoms with Gasteiger partial charge in [-0.1, -0.05) is 48.5 Å². The van der Waals surface area contributed by atoms with E-state index in [4.69, 9.17) is 14.2 Å². The molecule has 1 aliphatic rings. The monoisotopic (exact) mass is 453 g/mol. The minimum Gasteiger partial charge on any atom is -0.489 e. The number of ether oxygens (including phenoxy) is 3. The van der Waals surface area contributed by atoms with E-state index in [0.717, 1.165) is 37.0 Å². The molecule has 0 heterocycles. The zero-order valence-electron chi connectivity index (χ0n) is 19.8. The molecule has 0 spiro atoms. The van der Waals surface area contributed by atoms with Gasteiger partial charge in [0, 0.05) is 5.54 Å². The van der Waals surface area contributed by atoms with Crippen molar-refractivity contribution in [3.63, 3.8) is 0 Å². The molecular weight excluding hydrogens is 418 g/mol. The van der Waals surface area contributed by atoms with Gasteiger partial charge in [-0.25, -0.2) is 4.79 Å². The van der Waals surface area contributed by atoms with Crippen molar-refractivity contribution in [3.05, 3.63) is 65.7 Å². The first kappa shape index (κ1) is 24.8. The highest BCUT2D eigenvalue weighted by Gasteiger charge is 2.26. The largest absolute Gasteiger partial charge is 0.489 e. The maximum atomic E-state index is 11.9. The van der Waals surface area contributed by atoms with E-state index in [0.29, 0.717) is 18.8 Å². The van der Waals surface area contributed by atoms with Gasteiger partial charge in [-0.15, -0.1) is 0 Å². The second-order valence-electron chi connectivity index (χ2n) is 9.57. The third kappa shape index (κ3) is 8.21. The molecule has 0 unspecified atom stereocenters. The molecule has 1 saturated carbocycles. The molecule has 178 valence electrons. The molecule has 1 fully saturated rings. The molecule has 0 aliphatic heterocycles. The van der Waals surface area contributed by atoms with Crippen molar-refractivity contribution in [3.8, 4) is 5.75 Å². The van der Waals surface area contributed by atoms with Gasteiger partial charge in [0.25, 0.3) is 0 Å². The first-order chi connectivity index (χ1) is 15.8. The lowest BCUT2D eigenvalue weighted by Gasteiger charge is -2.30. The van der Waals surface area contributed by atoms with Crippen molar-refractivity contribution >= 4 is 12.4 Å². The predicted octanol–water partition coefficient (Wildman–Crippen LogP) is 5.40. The van der Waals surface area contributed by atoms with Crippen LogP contribution in [0, 0.1) is 0 Å². The van der Waals surface area contributed by atoms with Crippen LogP contribution in [0.2, 0.25) is 0 Å². The lowest BCUT2D eigenvalue weighted by Crippen LogP contribution is -2.43. The quantitative estimate of drug-likeness (QED) is 0.515. The predicted molar refractivity (Wildman–Crippen MR) is 127 cm³/mol. The number of nitrogens with one attached hydrogen (secondary N) is 1. The smallest absolute Gasteiger partial charge is 0.408 e. The highest BCUT2D eigenvalue weighted by Crippen LogP contribution is 2.38. The van der Waals surface area contributed by atoms with Crippen molar-refractivity contribution < 1.29 is 23.8 Å². The van der Waals surface area contributed by atoms with Gasteiger partial charge in [-0.05, 0) is 69.6 Å². The highest BCUT2D eigenvalue weighted by atomic mass is 16.6. The molecule has 6 heteroatoms. The Morgan fingerprint density at radius 1 is 1.03 bits per heavy atom. The molecular formula is C27H35NO5. The Morgan fingerprint density at radius 3 is 2.36 bits per heavy atom. The topological polar surface area (TPSA) is 73.9 Å². The van der Waals surface area contributed by atoms with Crippen molar-refractivity contribution in [2.45, 2.75) is 76.7 Å². The maximum Gasteiger partial charge on any atom is 0.408 e. The van der Waals surface area contributed by atoms with Crippen LogP contribution >= 0.6 is 0 Å². The van der Waals surface area contributed by atoms with Crippen LogP contribution in [0.1, 0.15) is 63.5 Å². The number of para-hydroxylation sites is 1. The van der Waals surface area contributed by atoms with Crippen molar-refractivity contribution in [2.75, 3.05) is 6.61 Å². The molecule has 2 aromatic carbocycles. The van der Waals surface area contributed by atoms with E-state index in [1.165, 1.54) is 5.56 Å². The number of carbonyl (C=O) groups is 2. The van der Waals surface area contributed by atoms with Crippen LogP contribution in [0.5, 0.6) is 5.75 Å². The Hall–Kier alpha value is -2.86. The van der Waals surface area contributed by atoms with Crippen molar-refractivity contribution in [1.29, 1.82) is 0 Å². The van der Waals surface area contributed by atoms with Gasteiger partial charge < -0.3 is 19.5 Å². The number of rotatable bonds is 9. The minimum absolute atomic E-state index is 0.0513. The summed E-state index contributed by atoms with van der Waals surface area (Å²) in [6.45, 7) is 6.18. The molecule has 1 aliphatic carbocycles. The highest BCUT2D eigenvalue weighted by molar-refractivity contribution is 5.71. The third-order valence-corrected chi connectivity index (χ3v) is 5.65. The van der Waals surface area contributed by atoms with Crippen LogP contribution in [-0.4, -0.2) is 36.7 Å². The Morgan fingerprint density at radius 2 is 1.70 bits per heavy atom. The molecule has 1 amide bonds. The summed E-state index contributed by atoms with van der Waals surface area (Å²) in [6, 6.07) is 18.4. The van der Waals surface area contributed by atoms with Crippen LogP contribution in [0.4, 0.5) is 4.79 Å². The molecule has 6 nitrogen and oxygen atoms in total. The fourth-order valence-corrected chi connectivity index (χ4v) is 4.03. The summed E-state index contributed by atoms with van der Waals surface area (Å²) in [5.74, 6) is 1.34. The number of aldehydes is 1. The number of alkyl carbamates (subject to hydrolysis) is 1. The van der Waals surface area contributed by atoms with Gasteiger partial charge in [0.1, 0.15) is 12.4 Å². The third-order valence-electron chi connectivity index (χ3n) is 5.65. The van der Waals surface area contributed by atoms with Gasteiger partial charge in [-0.3, -0.25) is 4.79 Å². The van der Waals surface area contributed by atoms with Crippen LogP contribution < -0.4 is 10.1 Å². The zero-order valence-corrected chi connectivity index (χ0v) is 19.8. The van der Waals surface area contributed by atoms with E-state index in [-0.39, 0.29) is 12.7 Å². The standard InChI is InChI=1S/C27H35NO5/c1-27(2,3)28-26(30)33-23(17-29)19-31-22-15-13-21(14-16-22)24-11-7-8-12-25(24)32-18-20-9-5-4-6-10-20/h4-12,17,21-23H,13-16,18-19H2,1-3H3,(H,28,30)/t21?,22?,23-/m1/s1. The van der Waals surface area contributed by atoms with Crippen LogP contribution in [0.25, 0.3) is 0 Å². The Balaban J connectivity index is 1.47. The average Bonchev–Trinajstić information content (AvgIpc) is 2.80. The molecule has 1 N–H and O–H groups in total. The Labute approximate surface area is 196 Å². The van der Waals surface area contributed by atoms with Crippen LogP contribution in [-0.2, 0) is 20.9 Å². The summed E-state index contributed by atoms with van der Waals surface area (Å²) in [4.78, 5) is 23.2. The van der Waals surface area contributed by atoms with Gasteiger partial charge in [-0.2, -0.15) is 0 Å². The second-order valence-corrected chi connectivity index (χ2v) is 9.57. The molecule has 0 saturated heterocycles. The SMILES string of the molecule is CC(C)(C)NC(=O)O[C@H](C=O)COC1CCC(c2ccccc2OCc2ccccc2)CC1. The van der Waals surface area contributed by atoms with Crippen molar-refractivity contribution in [2.24, 2.45) is 0 Å². The van der Waals surface area contributed by atoms with Crippen LogP contribution in [0.3, 0.4) is 0 Å². The fraction of sp³-hybridized carbons (Fsp3) is 0.481. The first-order valence-electron chi connectivity index (χ1n) is 11.7. The maximum absolute atomic E-state index is 11.9. The Kier molecular flexibility index (Phi) is 8.89. The Bertz CT molecular complexity index is 885. The molecule has 33 heavy (non-hydrogen) atoms. The van der Waals surface area contributed by atoms with Gasteiger partial charge in [0.15, 0.2) is 12.4 Å². The van der Waals surface area contributed by atoms with Crippen LogP contribution in [0.15, 0.2) is 54.6 Å². The van der Waals surface area contributed by atoms with E-state index in [9.17, 15) is 9.59 Å². The van der Waals surface area contributed by atoms with E-state index in [2.05, 4.69) is 29.6 Å². The average molecular weight is 454 g/mol. The normalized spacial score (nSPS) is 19.4. The number of carbonyl (C=O) groups excluding carboxylic acids is 2. The summed E-state index contributed by atoms with van der Waals surface area (Å²) in [5.41, 5.74) is 1.96. The van der Waals surface area contributed by atoms with Gasteiger partial charge in [0.2, 0.25) is 0 Å². The first-order valence-corrected chi connectivity index (χ1v) is 11.7. The molecule has 0 aromatic heterocycles. The zero-order chi connectivity index (χ0) is 23.7. The number of hydrogen-bond donors (Lipinski definition) is 1. The summed E-state index contributed by atoms with van der Waals surface area (Å²) in [6.07, 6.45) is 2.89.